The summed E-state index contributed by atoms with van der Waals surface area (Å²) in [6.45, 7) is 1.87. The first-order valence-corrected chi connectivity index (χ1v) is 8.34. The molecule has 0 heterocycles. The average Bonchev–Trinajstić information content (AvgIpc) is 2.31. The lowest BCUT2D eigenvalue weighted by atomic mass is 10.4. The van der Waals surface area contributed by atoms with Gasteiger partial charge in [-0.2, -0.15) is 0 Å². The van der Waals surface area contributed by atoms with Crippen molar-refractivity contribution >= 4 is 57.2 Å². The lowest BCUT2D eigenvalue weighted by Gasteiger charge is -2.11. The minimum absolute atomic E-state index is 0. The van der Waals surface area contributed by atoms with Crippen molar-refractivity contribution in [3.8, 4) is 0 Å². The molecule has 0 aliphatic heterocycles. The molecule has 0 amide bonds. The van der Waals surface area contributed by atoms with Gasteiger partial charge in [0, 0.05) is 31.8 Å². The van der Waals surface area contributed by atoms with Crippen LogP contribution in [0.15, 0.2) is 17.0 Å². The normalized spacial score (nSPS) is 11.2. The van der Waals surface area contributed by atoms with Gasteiger partial charge in [-0.05, 0) is 12.1 Å². The fraction of sp³-hybridized carbons (Fsp3) is 0.455. The van der Waals surface area contributed by atoms with Gasteiger partial charge in [0.05, 0.1) is 16.7 Å². The highest BCUT2D eigenvalue weighted by molar-refractivity contribution is 7.89. The Morgan fingerprint density at radius 2 is 1.67 bits per heavy atom. The highest BCUT2D eigenvalue weighted by atomic mass is 35.5. The second kappa shape index (κ2) is 10.1. The third kappa shape index (κ3) is 6.88. The summed E-state index contributed by atoms with van der Waals surface area (Å²) >= 11 is 17.5. The lowest BCUT2D eigenvalue weighted by molar-refractivity contribution is 0.199. The first kappa shape index (κ1) is 21.2. The number of rotatable bonds is 8. The molecule has 5 nitrogen and oxygen atoms in total. The minimum atomic E-state index is -3.77. The van der Waals surface area contributed by atoms with Crippen LogP contribution in [0.1, 0.15) is 0 Å². The molecular weight excluding hydrogens is 382 g/mol. The monoisotopic (exact) mass is 396 g/mol. The minimum Gasteiger partial charge on any atom is -0.383 e. The van der Waals surface area contributed by atoms with Crippen LogP contribution in [0, 0.1) is 0 Å². The molecule has 0 fully saturated rings. The zero-order valence-electron chi connectivity index (χ0n) is 11.2. The molecule has 2 N–H and O–H groups in total. The Kier molecular flexibility index (Phi) is 10.2. The first-order valence-electron chi connectivity index (χ1n) is 5.72. The Labute approximate surface area is 145 Å². The predicted octanol–water partition coefficient (Wildman–Crippen LogP) is 2.58. The number of ether oxygens (including phenoxy) is 1. The molecule has 0 radical (unpaired) electrons. The van der Waals surface area contributed by atoms with Gasteiger partial charge in [0.2, 0.25) is 10.0 Å². The van der Waals surface area contributed by atoms with Gasteiger partial charge in [0.25, 0.3) is 0 Å². The zero-order chi connectivity index (χ0) is 15.2. The van der Waals surface area contributed by atoms with Gasteiger partial charge in [-0.25, -0.2) is 13.1 Å². The number of hydrogen-bond acceptors (Lipinski definition) is 4. The van der Waals surface area contributed by atoms with Crippen molar-refractivity contribution in [1.29, 1.82) is 0 Å². The predicted molar refractivity (Wildman–Crippen MR) is 88.7 cm³/mol. The fourth-order valence-corrected chi connectivity index (χ4v) is 4.00. The summed E-state index contributed by atoms with van der Waals surface area (Å²) in [6.07, 6.45) is 0. The van der Waals surface area contributed by atoms with Crippen LogP contribution in [0.25, 0.3) is 0 Å². The molecule has 1 aromatic rings. The van der Waals surface area contributed by atoms with Gasteiger partial charge in [-0.3, -0.25) is 0 Å². The van der Waals surface area contributed by atoms with Crippen molar-refractivity contribution in [3.63, 3.8) is 0 Å². The Morgan fingerprint density at radius 3 is 2.19 bits per heavy atom. The summed E-state index contributed by atoms with van der Waals surface area (Å²) < 4.78 is 31.5. The molecule has 0 aliphatic carbocycles. The van der Waals surface area contributed by atoms with Crippen LogP contribution in [0.4, 0.5) is 0 Å². The molecular formula is C11H16Cl4N2O3S. The Hall–Kier alpha value is 0.210. The molecule has 122 valence electrons. The quantitative estimate of drug-likeness (QED) is 0.661. The van der Waals surface area contributed by atoms with Crippen LogP contribution < -0.4 is 10.0 Å². The molecule has 0 saturated heterocycles. The molecule has 0 aliphatic rings. The molecule has 0 aromatic heterocycles. The van der Waals surface area contributed by atoms with Crippen LogP contribution >= 0.6 is 47.2 Å². The SMILES string of the molecule is COCCNCCNS(=O)(=O)c1c(Cl)cc(Cl)cc1Cl.Cl. The van der Waals surface area contributed by atoms with Gasteiger partial charge in [0.1, 0.15) is 4.90 Å². The van der Waals surface area contributed by atoms with Gasteiger partial charge in [-0.15, -0.1) is 12.4 Å². The molecule has 1 aromatic carbocycles. The number of nitrogens with one attached hydrogen (secondary N) is 2. The smallest absolute Gasteiger partial charge is 0.243 e. The Morgan fingerprint density at radius 1 is 1.10 bits per heavy atom. The number of sulfonamides is 1. The van der Waals surface area contributed by atoms with E-state index in [0.29, 0.717) is 19.7 Å². The van der Waals surface area contributed by atoms with Crippen molar-refractivity contribution in [3.05, 3.63) is 27.2 Å². The largest absolute Gasteiger partial charge is 0.383 e. The van der Waals surface area contributed by atoms with E-state index in [9.17, 15) is 8.42 Å². The third-order valence-corrected chi connectivity index (χ3v) is 4.91. The van der Waals surface area contributed by atoms with Gasteiger partial charge >= 0.3 is 0 Å². The maximum absolute atomic E-state index is 12.1. The number of methoxy groups -OCH3 is 1. The average molecular weight is 398 g/mol. The Balaban J connectivity index is 0.00000400. The van der Waals surface area contributed by atoms with Crippen LogP contribution in [-0.2, 0) is 14.8 Å². The maximum Gasteiger partial charge on any atom is 0.243 e. The number of hydrogen-bond donors (Lipinski definition) is 2. The third-order valence-electron chi connectivity index (χ3n) is 2.31. The van der Waals surface area contributed by atoms with Crippen molar-refractivity contribution in [2.75, 3.05) is 33.4 Å². The second-order valence-corrected chi connectivity index (χ2v) is 6.79. The van der Waals surface area contributed by atoms with Gasteiger partial charge in [0.15, 0.2) is 0 Å². The molecule has 0 unspecified atom stereocenters. The highest BCUT2D eigenvalue weighted by Crippen LogP contribution is 2.32. The molecule has 10 heteroatoms. The second-order valence-electron chi connectivity index (χ2n) is 3.84. The molecule has 0 atom stereocenters. The molecule has 0 spiro atoms. The summed E-state index contributed by atoms with van der Waals surface area (Å²) in [5.41, 5.74) is 0. The summed E-state index contributed by atoms with van der Waals surface area (Å²) in [5.74, 6) is 0. The van der Waals surface area contributed by atoms with Gasteiger partial charge < -0.3 is 10.1 Å². The first-order chi connectivity index (χ1) is 9.38. The van der Waals surface area contributed by atoms with Crippen LogP contribution in [0.2, 0.25) is 15.1 Å². The van der Waals surface area contributed by atoms with Crippen molar-refractivity contribution < 1.29 is 13.2 Å². The van der Waals surface area contributed by atoms with E-state index in [1.54, 1.807) is 7.11 Å². The van der Waals surface area contributed by atoms with Crippen molar-refractivity contribution in [2.45, 2.75) is 4.90 Å². The van der Waals surface area contributed by atoms with Crippen molar-refractivity contribution in [2.24, 2.45) is 0 Å². The molecule has 1 rings (SSSR count). The topological polar surface area (TPSA) is 67.4 Å². The van der Waals surface area contributed by atoms with E-state index in [4.69, 9.17) is 39.5 Å². The molecule has 21 heavy (non-hydrogen) atoms. The van der Waals surface area contributed by atoms with E-state index < -0.39 is 10.0 Å². The molecule has 0 bridgehead atoms. The van der Waals surface area contributed by atoms with E-state index in [-0.39, 0.29) is 38.9 Å². The fourth-order valence-electron chi connectivity index (χ4n) is 1.43. The summed E-state index contributed by atoms with van der Waals surface area (Å²) in [5, 5.41) is 3.26. The van der Waals surface area contributed by atoms with E-state index in [2.05, 4.69) is 10.0 Å². The van der Waals surface area contributed by atoms with E-state index in [1.807, 2.05) is 0 Å². The highest BCUT2D eigenvalue weighted by Gasteiger charge is 2.21. The lowest BCUT2D eigenvalue weighted by Crippen LogP contribution is -2.33. The van der Waals surface area contributed by atoms with E-state index >= 15 is 0 Å². The van der Waals surface area contributed by atoms with Crippen molar-refractivity contribution in [1.82, 2.24) is 10.0 Å². The summed E-state index contributed by atoms with van der Waals surface area (Å²) in [6, 6.07) is 2.67. The maximum atomic E-state index is 12.1. The van der Waals surface area contributed by atoms with E-state index in [0.717, 1.165) is 0 Å². The van der Waals surface area contributed by atoms with Gasteiger partial charge in [-0.1, -0.05) is 34.8 Å². The number of benzene rings is 1. The number of halogens is 4. The molecule has 0 saturated carbocycles. The van der Waals surface area contributed by atoms with Crippen LogP contribution in [-0.4, -0.2) is 41.8 Å². The zero-order valence-corrected chi connectivity index (χ0v) is 15.1. The van der Waals surface area contributed by atoms with E-state index in [1.165, 1.54) is 12.1 Å². The standard InChI is InChI=1S/C11H15Cl3N2O3S.ClH/c1-19-5-4-15-2-3-16-20(17,18)11-9(13)6-8(12)7-10(11)14;/h6-7,15-16H,2-5H2,1H3;1H. The van der Waals surface area contributed by atoms with Crippen LogP contribution in [0.3, 0.4) is 0 Å². The van der Waals surface area contributed by atoms with Crippen LogP contribution in [0.5, 0.6) is 0 Å². The summed E-state index contributed by atoms with van der Waals surface area (Å²) in [7, 11) is -2.18. The summed E-state index contributed by atoms with van der Waals surface area (Å²) in [4.78, 5) is -0.165. The Bertz CT molecular complexity index is 531.